The number of aromatic amines is 1. The number of benzene rings is 2. The molecule has 0 unspecified atom stereocenters. The van der Waals surface area contributed by atoms with E-state index in [0.717, 1.165) is 21.7 Å². The highest BCUT2D eigenvalue weighted by molar-refractivity contribution is 7.10. The lowest BCUT2D eigenvalue weighted by atomic mass is 10.1. The molecule has 0 radical (unpaired) electrons. The number of nitrogens with zero attached hydrogens (tertiary/aromatic N) is 1. The van der Waals surface area contributed by atoms with Crippen LogP contribution in [0, 0.1) is 0 Å². The van der Waals surface area contributed by atoms with Crippen molar-refractivity contribution in [3.8, 4) is 11.3 Å². The second-order valence-corrected chi connectivity index (χ2v) is 10.2. The van der Waals surface area contributed by atoms with E-state index in [-0.39, 0.29) is 11.8 Å². The second-order valence-electron chi connectivity index (χ2n) is 9.23. The maximum Gasteiger partial charge on any atom is 0.271 e. The predicted octanol–water partition coefficient (Wildman–Crippen LogP) is 6.04. The number of carbonyl (C=O) groups is 2. The summed E-state index contributed by atoms with van der Waals surface area (Å²) < 4.78 is 0. The van der Waals surface area contributed by atoms with Gasteiger partial charge in [0.2, 0.25) is 5.91 Å². The fourth-order valence-electron chi connectivity index (χ4n) is 3.83. The van der Waals surface area contributed by atoms with E-state index in [1.807, 2.05) is 105 Å². The van der Waals surface area contributed by atoms with Crippen molar-refractivity contribution >= 4 is 23.2 Å². The molecule has 0 spiro atoms. The van der Waals surface area contributed by atoms with Crippen LogP contribution in [0.2, 0.25) is 0 Å². The lowest BCUT2D eigenvalue weighted by Gasteiger charge is -2.33. The molecule has 0 saturated heterocycles. The first-order valence-electron chi connectivity index (χ1n) is 11.3. The summed E-state index contributed by atoms with van der Waals surface area (Å²) in [5.74, 6) is -0.428. The van der Waals surface area contributed by atoms with Crippen molar-refractivity contribution in [2.75, 3.05) is 0 Å². The Morgan fingerprint density at radius 3 is 2.21 bits per heavy atom. The Labute approximate surface area is 204 Å². The number of rotatable bonds is 7. The van der Waals surface area contributed by atoms with Crippen LogP contribution >= 0.6 is 11.3 Å². The van der Waals surface area contributed by atoms with E-state index < -0.39 is 11.6 Å². The largest absolute Gasteiger partial charge is 0.351 e. The predicted molar refractivity (Wildman–Crippen MR) is 137 cm³/mol. The van der Waals surface area contributed by atoms with Gasteiger partial charge in [0.1, 0.15) is 11.7 Å². The summed E-state index contributed by atoms with van der Waals surface area (Å²) in [6.07, 6.45) is 0. The standard InChI is InChI=1S/C28H29N3O2S/c1-28(2,3)30-26(32)25(24-15-10-18-34-24)31(19-20-11-6-4-7-12-20)27(33)23-17-16-22(29-23)21-13-8-5-9-14-21/h4-18,25,29H,19H2,1-3H3,(H,30,32)/t25-/m1/s1. The first-order valence-corrected chi connectivity index (χ1v) is 12.1. The van der Waals surface area contributed by atoms with Crippen molar-refractivity contribution in [3.63, 3.8) is 0 Å². The fourth-order valence-corrected chi connectivity index (χ4v) is 4.66. The molecule has 2 amide bonds. The zero-order valence-corrected chi connectivity index (χ0v) is 20.4. The molecule has 0 aliphatic heterocycles. The monoisotopic (exact) mass is 471 g/mol. The van der Waals surface area contributed by atoms with Crippen LogP contribution in [0.25, 0.3) is 11.3 Å². The van der Waals surface area contributed by atoms with E-state index in [1.54, 1.807) is 11.0 Å². The van der Waals surface area contributed by atoms with Crippen LogP contribution in [-0.2, 0) is 11.3 Å². The third-order valence-corrected chi connectivity index (χ3v) is 6.25. The Morgan fingerprint density at radius 2 is 1.59 bits per heavy atom. The minimum atomic E-state index is -0.754. The number of hydrogen-bond donors (Lipinski definition) is 2. The summed E-state index contributed by atoms with van der Waals surface area (Å²) in [5, 5.41) is 5.01. The molecule has 1 atom stereocenters. The molecule has 4 rings (SSSR count). The van der Waals surface area contributed by atoms with Crippen LogP contribution in [0.3, 0.4) is 0 Å². The van der Waals surface area contributed by atoms with Gasteiger partial charge in [-0.05, 0) is 55.5 Å². The number of hydrogen-bond acceptors (Lipinski definition) is 3. The van der Waals surface area contributed by atoms with Crippen molar-refractivity contribution in [2.24, 2.45) is 0 Å². The number of H-pyrrole nitrogens is 1. The minimum Gasteiger partial charge on any atom is -0.351 e. The van der Waals surface area contributed by atoms with Crippen LogP contribution in [0.5, 0.6) is 0 Å². The molecule has 0 bridgehead atoms. The Morgan fingerprint density at radius 1 is 0.912 bits per heavy atom. The van der Waals surface area contributed by atoms with Crippen molar-refractivity contribution in [2.45, 2.75) is 38.9 Å². The molecule has 5 nitrogen and oxygen atoms in total. The maximum atomic E-state index is 13.9. The van der Waals surface area contributed by atoms with Crippen molar-refractivity contribution in [1.82, 2.24) is 15.2 Å². The van der Waals surface area contributed by atoms with Gasteiger partial charge in [-0.15, -0.1) is 11.3 Å². The molecule has 174 valence electrons. The van der Waals surface area contributed by atoms with Gasteiger partial charge < -0.3 is 15.2 Å². The smallest absolute Gasteiger partial charge is 0.271 e. The van der Waals surface area contributed by atoms with E-state index in [9.17, 15) is 9.59 Å². The summed E-state index contributed by atoms with van der Waals surface area (Å²) >= 11 is 1.47. The Bertz CT molecular complexity index is 1230. The molecule has 6 heteroatoms. The van der Waals surface area contributed by atoms with Gasteiger partial charge in [-0.1, -0.05) is 66.7 Å². The first kappa shape index (κ1) is 23.5. The number of carbonyl (C=O) groups excluding carboxylic acids is 2. The van der Waals surface area contributed by atoms with Crippen LogP contribution in [0.1, 0.15) is 47.7 Å². The van der Waals surface area contributed by atoms with E-state index in [0.29, 0.717) is 12.2 Å². The van der Waals surface area contributed by atoms with E-state index in [1.165, 1.54) is 11.3 Å². The molecule has 0 aliphatic carbocycles. The molecule has 34 heavy (non-hydrogen) atoms. The Kier molecular flexibility index (Phi) is 6.98. The number of amides is 2. The second kappa shape index (κ2) is 10.1. The summed E-state index contributed by atoms with van der Waals surface area (Å²) in [6, 6.07) is 26.4. The van der Waals surface area contributed by atoms with Gasteiger partial charge in [-0.3, -0.25) is 9.59 Å². The van der Waals surface area contributed by atoms with Gasteiger partial charge in [0, 0.05) is 22.7 Å². The summed E-state index contributed by atoms with van der Waals surface area (Å²) in [5.41, 5.74) is 2.82. The molecule has 2 heterocycles. The fraction of sp³-hybridized carbons (Fsp3) is 0.214. The normalized spacial score (nSPS) is 12.2. The highest BCUT2D eigenvalue weighted by atomic mass is 32.1. The van der Waals surface area contributed by atoms with Gasteiger partial charge in [0.05, 0.1) is 0 Å². The molecular formula is C28H29N3O2S. The molecule has 2 aromatic carbocycles. The third kappa shape index (κ3) is 5.64. The number of thiophene rings is 1. The molecule has 0 saturated carbocycles. The number of nitrogens with one attached hydrogen (secondary N) is 2. The highest BCUT2D eigenvalue weighted by Crippen LogP contribution is 2.30. The Hall–Kier alpha value is -3.64. The van der Waals surface area contributed by atoms with Gasteiger partial charge in [0.25, 0.3) is 5.91 Å². The van der Waals surface area contributed by atoms with Crippen LogP contribution < -0.4 is 5.32 Å². The average Bonchev–Trinajstić information content (AvgIpc) is 3.51. The average molecular weight is 472 g/mol. The van der Waals surface area contributed by atoms with E-state index in [4.69, 9.17) is 0 Å². The highest BCUT2D eigenvalue weighted by Gasteiger charge is 2.35. The zero-order valence-electron chi connectivity index (χ0n) is 19.6. The SMILES string of the molecule is CC(C)(C)NC(=O)[C@@H](c1cccs1)N(Cc1ccccc1)C(=O)c1ccc(-c2ccccc2)[nH]1. The molecule has 2 aromatic heterocycles. The first-order chi connectivity index (χ1) is 16.3. The van der Waals surface area contributed by atoms with Crippen LogP contribution in [0.15, 0.2) is 90.3 Å². The molecule has 0 fully saturated rings. The molecule has 4 aromatic rings. The van der Waals surface area contributed by atoms with Gasteiger partial charge in [-0.2, -0.15) is 0 Å². The van der Waals surface area contributed by atoms with Gasteiger partial charge >= 0.3 is 0 Å². The lowest BCUT2D eigenvalue weighted by Crippen LogP contribution is -2.49. The van der Waals surface area contributed by atoms with Crippen molar-refractivity contribution in [3.05, 3.63) is 106 Å². The Balaban J connectivity index is 1.74. The van der Waals surface area contributed by atoms with E-state index >= 15 is 0 Å². The van der Waals surface area contributed by atoms with Gasteiger partial charge in [0.15, 0.2) is 0 Å². The van der Waals surface area contributed by atoms with Crippen molar-refractivity contribution in [1.29, 1.82) is 0 Å². The number of aromatic nitrogens is 1. The quantitative estimate of drug-likeness (QED) is 0.345. The topological polar surface area (TPSA) is 65.2 Å². The van der Waals surface area contributed by atoms with Crippen molar-refractivity contribution < 1.29 is 9.59 Å². The zero-order chi connectivity index (χ0) is 24.1. The minimum absolute atomic E-state index is 0.200. The lowest BCUT2D eigenvalue weighted by molar-refractivity contribution is -0.127. The van der Waals surface area contributed by atoms with Crippen LogP contribution in [-0.4, -0.2) is 27.2 Å². The summed E-state index contributed by atoms with van der Waals surface area (Å²) in [4.78, 5) is 33.2. The maximum absolute atomic E-state index is 13.9. The van der Waals surface area contributed by atoms with E-state index in [2.05, 4.69) is 10.3 Å². The van der Waals surface area contributed by atoms with Crippen LogP contribution in [0.4, 0.5) is 0 Å². The molecular weight excluding hydrogens is 442 g/mol. The molecule has 0 aliphatic rings. The summed E-state index contributed by atoms with van der Waals surface area (Å²) in [7, 11) is 0. The third-order valence-electron chi connectivity index (χ3n) is 5.33. The van der Waals surface area contributed by atoms with Gasteiger partial charge in [-0.25, -0.2) is 0 Å². The summed E-state index contributed by atoms with van der Waals surface area (Å²) in [6.45, 7) is 6.13. The molecule has 2 N–H and O–H groups in total.